The molecule has 1 heterocycles. The number of rotatable bonds is 6. The number of para-hydroxylation sites is 1. The molecule has 0 radical (unpaired) electrons. The second-order valence-corrected chi connectivity index (χ2v) is 4.02. The number of oxazole rings is 1. The summed E-state index contributed by atoms with van der Waals surface area (Å²) in [6, 6.07) is 7.80. The fourth-order valence-electron chi connectivity index (χ4n) is 1.65. The van der Waals surface area contributed by atoms with E-state index < -0.39 is 0 Å². The van der Waals surface area contributed by atoms with E-state index in [0.29, 0.717) is 24.8 Å². The van der Waals surface area contributed by atoms with Crippen molar-refractivity contribution in [1.82, 2.24) is 4.98 Å². The molecule has 4 heteroatoms. The van der Waals surface area contributed by atoms with Gasteiger partial charge in [-0.25, -0.2) is 4.98 Å². The molecule has 0 fully saturated rings. The molecule has 1 aromatic heterocycles. The smallest absolute Gasteiger partial charge is 0.208 e. The van der Waals surface area contributed by atoms with Crippen LogP contribution in [0.4, 0.5) is 0 Å². The average Bonchev–Trinajstić information content (AvgIpc) is 2.88. The van der Waals surface area contributed by atoms with E-state index in [1.807, 2.05) is 24.3 Å². The number of hydrogen-bond acceptors (Lipinski definition) is 4. The zero-order valence-corrected chi connectivity index (χ0v) is 10.6. The van der Waals surface area contributed by atoms with Crippen molar-refractivity contribution < 1.29 is 9.15 Å². The lowest BCUT2D eigenvalue weighted by Crippen LogP contribution is -1.97. The van der Waals surface area contributed by atoms with Gasteiger partial charge in [-0.1, -0.05) is 25.5 Å². The van der Waals surface area contributed by atoms with Crippen molar-refractivity contribution in [3.05, 3.63) is 36.4 Å². The maximum Gasteiger partial charge on any atom is 0.208 e. The number of unbranched alkanes of at least 4 members (excludes halogenated alkanes) is 1. The molecule has 18 heavy (non-hydrogen) atoms. The lowest BCUT2D eigenvalue weighted by molar-refractivity contribution is 0.310. The van der Waals surface area contributed by atoms with Crippen molar-refractivity contribution in [1.29, 1.82) is 0 Å². The fraction of sp³-hybridized carbons (Fsp3) is 0.357. The van der Waals surface area contributed by atoms with E-state index >= 15 is 0 Å². The minimum atomic E-state index is 0.304. The van der Waals surface area contributed by atoms with Crippen molar-refractivity contribution in [2.24, 2.45) is 5.73 Å². The molecule has 2 aromatic rings. The molecule has 0 saturated carbocycles. The molecule has 0 aliphatic heterocycles. The highest BCUT2D eigenvalue weighted by Gasteiger charge is 2.10. The van der Waals surface area contributed by atoms with Crippen molar-refractivity contribution in [3.63, 3.8) is 0 Å². The largest absolute Gasteiger partial charge is 0.493 e. The van der Waals surface area contributed by atoms with Gasteiger partial charge in [-0.05, 0) is 18.6 Å². The molecule has 1 aromatic carbocycles. The first-order chi connectivity index (χ1) is 8.85. The molecule has 2 N–H and O–H groups in total. The minimum absolute atomic E-state index is 0.304. The molecule has 4 nitrogen and oxygen atoms in total. The van der Waals surface area contributed by atoms with Crippen molar-refractivity contribution >= 4 is 0 Å². The highest BCUT2D eigenvalue weighted by molar-refractivity contribution is 5.64. The zero-order valence-electron chi connectivity index (χ0n) is 10.6. The monoisotopic (exact) mass is 246 g/mol. The van der Waals surface area contributed by atoms with Gasteiger partial charge in [0.1, 0.15) is 5.75 Å². The Hall–Kier alpha value is -1.81. The summed E-state index contributed by atoms with van der Waals surface area (Å²) < 4.78 is 11.3. The van der Waals surface area contributed by atoms with Crippen molar-refractivity contribution in [2.45, 2.75) is 26.3 Å². The van der Waals surface area contributed by atoms with Gasteiger partial charge in [-0.3, -0.25) is 0 Å². The van der Waals surface area contributed by atoms with Crippen LogP contribution in [0.2, 0.25) is 0 Å². The van der Waals surface area contributed by atoms with E-state index in [0.717, 1.165) is 24.2 Å². The van der Waals surface area contributed by atoms with E-state index in [9.17, 15) is 0 Å². The van der Waals surface area contributed by atoms with E-state index in [4.69, 9.17) is 14.9 Å². The number of nitrogens with two attached hydrogens (primary N) is 1. The lowest BCUT2D eigenvalue weighted by atomic mass is 10.1. The van der Waals surface area contributed by atoms with E-state index in [2.05, 4.69) is 11.9 Å². The summed E-state index contributed by atoms with van der Waals surface area (Å²) >= 11 is 0. The van der Waals surface area contributed by atoms with Gasteiger partial charge < -0.3 is 14.9 Å². The van der Waals surface area contributed by atoms with Gasteiger partial charge in [0.2, 0.25) is 5.89 Å². The van der Waals surface area contributed by atoms with E-state index in [1.54, 1.807) is 6.20 Å². The molecule has 0 bridgehead atoms. The van der Waals surface area contributed by atoms with E-state index in [-0.39, 0.29) is 0 Å². The second-order valence-electron chi connectivity index (χ2n) is 4.02. The van der Waals surface area contributed by atoms with Gasteiger partial charge in [0.15, 0.2) is 5.76 Å². The summed E-state index contributed by atoms with van der Waals surface area (Å²) in [6.45, 7) is 3.16. The zero-order chi connectivity index (χ0) is 12.8. The Morgan fingerprint density at radius 2 is 2.17 bits per heavy atom. The number of nitrogens with zero attached hydrogens (tertiary/aromatic N) is 1. The number of hydrogen-bond donors (Lipinski definition) is 1. The SMILES string of the molecule is CCCCOc1ccccc1-c1cnc(CN)o1. The van der Waals surface area contributed by atoms with E-state index in [1.165, 1.54) is 0 Å². The minimum Gasteiger partial charge on any atom is -0.493 e. The first-order valence-electron chi connectivity index (χ1n) is 6.22. The van der Waals surface area contributed by atoms with Crippen LogP contribution in [0.15, 0.2) is 34.9 Å². The van der Waals surface area contributed by atoms with Gasteiger partial charge in [-0.2, -0.15) is 0 Å². The lowest BCUT2D eigenvalue weighted by Gasteiger charge is -2.08. The summed E-state index contributed by atoms with van der Waals surface area (Å²) in [4.78, 5) is 4.10. The maximum absolute atomic E-state index is 5.76. The molecular formula is C14H18N2O2. The number of ether oxygens (including phenoxy) is 1. The predicted octanol–water partition coefficient (Wildman–Crippen LogP) is 2.98. The van der Waals surface area contributed by atoms with Crippen LogP contribution in [0.3, 0.4) is 0 Å². The van der Waals surface area contributed by atoms with Crippen LogP contribution in [0.1, 0.15) is 25.7 Å². The van der Waals surface area contributed by atoms with Crippen LogP contribution in [-0.2, 0) is 6.54 Å². The Morgan fingerprint density at radius 3 is 2.89 bits per heavy atom. The van der Waals surface area contributed by atoms with Crippen LogP contribution < -0.4 is 10.5 Å². The van der Waals surface area contributed by atoms with Gasteiger partial charge in [0, 0.05) is 0 Å². The molecule has 0 atom stereocenters. The highest BCUT2D eigenvalue weighted by Crippen LogP contribution is 2.30. The quantitative estimate of drug-likeness (QED) is 0.796. The van der Waals surface area contributed by atoms with Crippen LogP contribution in [0.25, 0.3) is 11.3 Å². The molecule has 2 rings (SSSR count). The van der Waals surface area contributed by atoms with Gasteiger partial charge >= 0.3 is 0 Å². The summed E-state index contributed by atoms with van der Waals surface area (Å²) in [6.07, 6.45) is 3.84. The van der Waals surface area contributed by atoms with Crippen LogP contribution in [0, 0.1) is 0 Å². The third kappa shape index (κ3) is 2.90. The first-order valence-corrected chi connectivity index (χ1v) is 6.22. The maximum atomic E-state index is 5.76. The molecular weight excluding hydrogens is 228 g/mol. The Bertz CT molecular complexity index is 494. The number of aromatic nitrogens is 1. The Morgan fingerprint density at radius 1 is 1.33 bits per heavy atom. The normalized spacial score (nSPS) is 10.6. The summed E-state index contributed by atoms with van der Waals surface area (Å²) in [7, 11) is 0. The molecule has 0 aliphatic carbocycles. The molecule has 0 saturated heterocycles. The first kappa shape index (κ1) is 12.6. The van der Waals surface area contributed by atoms with Gasteiger partial charge in [0.05, 0.1) is 24.9 Å². The Labute approximate surface area is 107 Å². The second kappa shape index (κ2) is 6.21. The molecule has 96 valence electrons. The predicted molar refractivity (Wildman–Crippen MR) is 70.2 cm³/mol. The topological polar surface area (TPSA) is 61.3 Å². The van der Waals surface area contributed by atoms with Crippen molar-refractivity contribution in [2.75, 3.05) is 6.61 Å². The standard InChI is InChI=1S/C14H18N2O2/c1-2-3-8-17-12-7-5-4-6-11(12)13-10-16-14(9-15)18-13/h4-7,10H,2-3,8-9,15H2,1H3. The summed E-state index contributed by atoms with van der Waals surface area (Å²) in [5, 5.41) is 0. The van der Waals surface area contributed by atoms with Crippen LogP contribution in [0.5, 0.6) is 5.75 Å². The molecule has 0 spiro atoms. The third-order valence-corrected chi connectivity index (χ3v) is 2.64. The average molecular weight is 246 g/mol. The molecule has 0 unspecified atom stereocenters. The Kier molecular flexibility index (Phi) is 4.36. The highest BCUT2D eigenvalue weighted by atomic mass is 16.5. The van der Waals surface area contributed by atoms with Gasteiger partial charge in [-0.15, -0.1) is 0 Å². The third-order valence-electron chi connectivity index (χ3n) is 2.64. The Balaban J connectivity index is 2.20. The molecule has 0 amide bonds. The van der Waals surface area contributed by atoms with Crippen LogP contribution >= 0.6 is 0 Å². The van der Waals surface area contributed by atoms with Crippen molar-refractivity contribution in [3.8, 4) is 17.1 Å². The number of benzene rings is 1. The van der Waals surface area contributed by atoms with Gasteiger partial charge in [0.25, 0.3) is 0 Å². The summed E-state index contributed by atoms with van der Waals surface area (Å²) in [5.41, 5.74) is 6.41. The fourth-order valence-corrected chi connectivity index (χ4v) is 1.65. The van der Waals surface area contributed by atoms with Crippen LogP contribution in [-0.4, -0.2) is 11.6 Å². The summed E-state index contributed by atoms with van der Waals surface area (Å²) in [5.74, 6) is 2.06. The molecule has 0 aliphatic rings.